The fraction of sp³-hybridized carbons (Fsp3) is 0.867. The van der Waals surface area contributed by atoms with Crippen molar-refractivity contribution < 1.29 is 14.7 Å². The number of amides is 1. The first-order valence-electron chi connectivity index (χ1n) is 7.33. The third kappa shape index (κ3) is 2.49. The normalized spacial score (nSPS) is 35.4. The average Bonchev–Trinajstić information content (AvgIpc) is 2.67. The minimum absolute atomic E-state index is 0.0967. The van der Waals surface area contributed by atoms with Crippen molar-refractivity contribution in [3.63, 3.8) is 0 Å². The Morgan fingerprint density at radius 1 is 1.42 bits per heavy atom. The van der Waals surface area contributed by atoms with Crippen molar-refractivity contribution in [2.75, 3.05) is 0 Å². The SMILES string of the molecule is CCC(C)(C)C1CCC2(CC1)CC(=O)NC2C(=O)O. The van der Waals surface area contributed by atoms with E-state index in [1.54, 1.807) is 0 Å². The first-order chi connectivity index (χ1) is 8.81. The van der Waals surface area contributed by atoms with Crippen molar-refractivity contribution in [3.8, 4) is 0 Å². The van der Waals surface area contributed by atoms with Crippen molar-refractivity contribution >= 4 is 11.9 Å². The van der Waals surface area contributed by atoms with Gasteiger partial charge in [-0.2, -0.15) is 0 Å². The van der Waals surface area contributed by atoms with E-state index in [-0.39, 0.29) is 11.3 Å². The summed E-state index contributed by atoms with van der Waals surface area (Å²) in [5.41, 5.74) is -0.0143. The first-order valence-corrected chi connectivity index (χ1v) is 7.33. The van der Waals surface area contributed by atoms with Crippen molar-refractivity contribution in [1.82, 2.24) is 5.32 Å². The molecule has 0 aromatic heterocycles. The van der Waals surface area contributed by atoms with Gasteiger partial charge in [0, 0.05) is 11.8 Å². The summed E-state index contributed by atoms with van der Waals surface area (Å²) in [6, 6.07) is -0.675. The summed E-state index contributed by atoms with van der Waals surface area (Å²) in [7, 11) is 0. The minimum atomic E-state index is -0.876. The van der Waals surface area contributed by atoms with Gasteiger partial charge in [-0.25, -0.2) is 4.79 Å². The van der Waals surface area contributed by atoms with Crippen molar-refractivity contribution in [2.45, 2.75) is 65.3 Å². The van der Waals surface area contributed by atoms with Crippen molar-refractivity contribution in [1.29, 1.82) is 0 Å². The van der Waals surface area contributed by atoms with E-state index >= 15 is 0 Å². The highest BCUT2D eigenvalue weighted by Gasteiger charge is 2.52. The summed E-state index contributed by atoms with van der Waals surface area (Å²) >= 11 is 0. The second kappa shape index (κ2) is 4.80. The Hall–Kier alpha value is -1.06. The molecule has 1 saturated carbocycles. The van der Waals surface area contributed by atoms with Crippen LogP contribution in [-0.4, -0.2) is 23.0 Å². The minimum Gasteiger partial charge on any atom is -0.480 e. The molecular weight excluding hydrogens is 242 g/mol. The Bertz CT molecular complexity index is 381. The molecular formula is C15H25NO3. The standard InChI is InChI=1S/C15H25NO3/c1-4-14(2,3)10-5-7-15(8-6-10)9-11(17)16-12(15)13(18)19/h10,12H,4-9H2,1-3H3,(H,16,17)(H,18,19). The third-order valence-corrected chi connectivity index (χ3v) is 5.68. The highest BCUT2D eigenvalue weighted by Crippen LogP contribution is 2.51. The largest absolute Gasteiger partial charge is 0.480 e. The van der Waals surface area contributed by atoms with Crippen LogP contribution in [0, 0.1) is 16.7 Å². The van der Waals surface area contributed by atoms with E-state index in [4.69, 9.17) is 0 Å². The molecule has 4 nitrogen and oxygen atoms in total. The monoisotopic (exact) mass is 267 g/mol. The topological polar surface area (TPSA) is 66.4 Å². The Kier molecular flexibility index (Phi) is 3.63. The van der Waals surface area contributed by atoms with E-state index in [1.165, 1.54) is 0 Å². The van der Waals surface area contributed by atoms with Crippen LogP contribution in [0.3, 0.4) is 0 Å². The van der Waals surface area contributed by atoms with E-state index in [2.05, 4.69) is 26.1 Å². The lowest BCUT2D eigenvalue weighted by Crippen LogP contribution is -2.46. The van der Waals surface area contributed by atoms with Gasteiger partial charge in [-0.05, 0) is 37.0 Å². The molecule has 2 fully saturated rings. The van der Waals surface area contributed by atoms with E-state index in [9.17, 15) is 14.7 Å². The summed E-state index contributed by atoms with van der Waals surface area (Å²) < 4.78 is 0. The number of rotatable bonds is 3. The number of carboxylic acid groups (broad SMARTS) is 1. The predicted molar refractivity (Wildman–Crippen MR) is 72.6 cm³/mol. The molecule has 1 spiro atoms. The van der Waals surface area contributed by atoms with Crippen LogP contribution in [-0.2, 0) is 9.59 Å². The molecule has 108 valence electrons. The fourth-order valence-corrected chi connectivity index (χ4v) is 3.84. The van der Waals surface area contributed by atoms with E-state index in [0.29, 0.717) is 17.8 Å². The van der Waals surface area contributed by atoms with Gasteiger partial charge in [0.25, 0.3) is 0 Å². The summed E-state index contributed by atoms with van der Waals surface area (Å²) in [5.74, 6) is -0.326. The molecule has 19 heavy (non-hydrogen) atoms. The number of hydrogen-bond donors (Lipinski definition) is 2. The first kappa shape index (κ1) is 14.4. The maximum atomic E-state index is 11.6. The highest BCUT2D eigenvalue weighted by molar-refractivity contribution is 5.89. The molecule has 0 radical (unpaired) electrons. The molecule has 2 aliphatic rings. The number of carbonyl (C=O) groups is 2. The molecule has 1 saturated heterocycles. The van der Waals surface area contributed by atoms with E-state index in [0.717, 1.165) is 32.1 Å². The van der Waals surface area contributed by atoms with Crippen LogP contribution in [0.1, 0.15) is 59.3 Å². The Labute approximate surface area is 115 Å². The van der Waals surface area contributed by atoms with Gasteiger partial charge in [0.2, 0.25) is 5.91 Å². The maximum Gasteiger partial charge on any atom is 0.326 e. The average molecular weight is 267 g/mol. The van der Waals surface area contributed by atoms with Gasteiger partial charge in [0.05, 0.1) is 0 Å². The molecule has 4 heteroatoms. The zero-order valence-electron chi connectivity index (χ0n) is 12.2. The number of nitrogens with one attached hydrogen (secondary N) is 1. The molecule has 1 aliphatic heterocycles. The van der Waals surface area contributed by atoms with Gasteiger partial charge in [-0.1, -0.05) is 27.2 Å². The van der Waals surface area contributed by atoms with Crippen LogP contribution in [0.2, 0.25) is 0 Å². The lowest BCUT2D eigenvalue weighted by Gasteiger charge is -2.44. The second-order valence-corrected chi connectivity index (χ2v) is 6.99. The van der Waals surface area contributed by atoms with Crippen LogP contribution in [0.25, 0.3) is 0 Å². The molecule has 0 aromatic rings. The lowest BCUT2D eigenvalue weighted by molar-refractivity contribution is -0.143. The number of carboxylic acids is 1. The second-order valence-electron chi connectivity index (χ2n) is 6.99. The number of carbonyl (C=O) groups excluding carboxylic acids is 1. The van der Waals surface area contributed by atoms with Crippen LogP contribution in [0.4, 0.5) is 0 Å². The van der Waals surface area contributed by atoms with Gasteiger partial charge in [0.1, 0.15) is 6.04 Å². The third-order valence-electron chi connectivity index (χ3n) is 5.68. The Morgan fingerprint density at radius 2 is 2.00 bits per heavy atom. The maximum absolute atomic E-state index is 11.6. The molecule has 2 N–H and O–H groups in total. The van der Waals surface area contributed by atoms with Crippen molar-refractivity contribution in [2.24, 2.45) is 16.7 Å². The Morgan fingerprint density at radius 3 is 2.47 bits per heavy atom. The summed E-state index contributed by atoms with van der Waals surface area (Å²) in [6.07, 6.45) is 5.33. The predicted octanol–water partition coefficient (Wildman–Crippen LogP) is 2.57. The Balaban J connectivity index is 2.09. The number of hydrogen-bond acceptors (Lipinski definition) is 2. The molecule has 1 unspecified atom stereocenters. The molecule has 0 aromatic carbocycles. The van der Waals surface area contributed by atoms with Crippen molar-refractivity contribution in [3.05, 3.63) is 0 Å². The molecule has 1 heterocycles. The smallest absolute Gasteiger partial charge is 0.326 e. The molecule has 2 rings (SSSR count). The quantitative estimate of drug-likeness (QED) is 0.826. The van der Waals surface area contributed by atoms with Gasteiger partial charge in [-0.15, -0.1) is 0 Å². The van der Waals surface area contributed by atoms with E-state index in [1.807, 2.05) is 0 Å². The molecule has 0 bridgehead atoms. The van der Waals surface area contributed by atoms with E-state index < -0.39 is 12.0 Å². The van der Waals surface area contributed by atoms with Gasteiger partial charge >= 0.3 is 5.97 Å². The summed E-state index contributed by atoms with van der Waals surface area (Å²) in [4.78, 5) is 22.9. The summed E-state index contributed by atoms with van der Waals surface area (Å²) in [6.45, 7) is 6.80. The van der Waals surface area contributed by atoms with Gasteiger partial charge in [0.15, 0.2) is 0 Å². The van der Waals surface area contributed by atoms with Crippen LogP contribution in [0.5, 0.6) is 0 Å². The van der Waals surface area contributed by atoms with Crippen LogP contribution in [0.15, 0.2) is 0 Å². The number of aliphatic carboxylic acids is 1. The molecule has 1 atom stereocenters. The molecule has 1 aliphatic carbocycles. The van der Waals surface area contributed by atoms with Crippen LogP contribution < -0.4 is 5.32 Å². The zero-order valence-corrected chi connectivity index (χ0v) is 12.2. The van der Waals surface area contributed by atoms with Gasteiger partial charge < -0.3 is 10.4 Å². The fourth-order valence-electron chi connectivity index (χ4n) is 3.84. The van der Waals surface area contributed by atoms with Gasteiger partial charge in [-0.3, -0.25) is 4.79 Å². The zero-order chi connectivity index (χ0) is 14.3. The summed E-state index contributed by atoms with van der Waals surface area (Å²) in [5, 5.41) is 11.9. The lowest BCUT2D eigenvalue weighted by atomic mass is 9.60. The highest BCUT2D eigenvalue weighted by atomic mass is 16.4. The molecule has 1 amide bonds. The van der Waals surface area contributed by atoms with Crippen LogP contribution >= 0.6 is 0 Å².